The van der Waals surface area contributed by atoms with Crippen molar-refractivity contribution in [3.05, 3.63) is 102 Å². The Balaban J connectivity index is 1.34. The van der Waals surface area contributed by atoms with E-state index < -0.39 is 17.6 Å². The normalized spacial score (nSPS) is 15.7. The molecular formula is C31H29F2NO3. The fraction of sp³-hybridized carbons (Fsp3) is 0.258. The zero-order valence-electron chi connectivity index (χ0n) is 20.9. The molecule has 0 saturated heterocycles. The number of methoxy groups -OCH3 is 1. The first-order chi connectivity index (χ1) is 17.9. The van der Waals surface area contributed by atoms with E-state index in [9.17, 15) is 13.6 Å². The van der Waals surface area contributed by atoms with Gasteiger partial charge in [0, 0.05) is 11.8 Å². The first-order valence-electron chi connectivity index (χ1n) is 12.5. The molecule has 1 unspecified atom stereocenters. The van der Waals surface area contributed by atoms with Crippen LogP contribution in [0.25, 0.3) is 10.8 Å². The quantitative estimate of drug-likeness (QED) is 0.242. The average Bonchev–Trinajstić information content (AvgIpc) is 2.92. The summed E-state index contributed by atoms with van der Waals surface area (Å²) in [5.74, 6) is -0.983. The SMILES string of the molecule is COC(=O)c1cc(N2CC(CCC[C@H](C)c3cccc4ccccc34)Oc3cc(F)ccc32)ccc1F. The van der Waals surface area contributed by atoms with Crippen LogP contribution in [0.1, 0.15) is 48.0 Å². The van der Waals surface area contributed by atoms with E-state index in [4.69, 9.17) is 9.47 Å². The summed E-state index contributed by atoms with van der Waals surface area (Å²) in [6.45, 7) is 2.74. The highest BCUT2D eigenvalue weighted by atomic mass is 19.1. The Labute approximate surface area is 215 Å². The maximum atomic E-state index is 14.3. The monoisotopic (exact) mass is 501 g/mol. The lowest BCUT2D eigenvalue weighted by molar-refractivity contribution is 0.0595. The molecule has 1 aliphatic heterocycles. The number of rotatable bonds is 7. The van der Waals surface area contributed by atoms with Crippen LogP contribution in [0, 0.1) is 11.6 Å². The predicted molar refractivity (Wildman–Crippen MR) is 142 cm³/mol. The first-order valence-corrected chi connectivity index (χ1v) is 12.5. The van der Waals surface area contributed by atoms with Crippen molar-refractivity contribution in [2.75, 3.05) is 18.6 Å². The smallest absolute Gasteiger partial charge is 0.340 e. The van der Waals surface area contributed by atoms with E-state index in [2.05, 4.69) is 49.4 Å². The molecule has 4 aromatic carbocycles. The van der Waals surface area contributed by atoms with E-state index in [0.29, 0.717) is 29.6 Å². The van der Waals surface area contributed by atoms with Crippen LogP contribution in [0.15, 0.2) is 78.9 Å². The molecule has 0 spiro atoms. The van der Waals surface area contributed by atoms with Crippen LogP contribution in [-0.2, 0) is 4.74 Å². The highest BCUT2D eigenvalue weighted by Crippen LogP contribution is 2.40. The van der Waals surface area contributed by atoms with E-state index in [1.807, 2.05) is 4.90 Å². The lowest BCUT2D eigenvalue weighted by Crippen LogP contribution is -2.37. The maximum Gasteiger partial charge on any atom is 0.340 e. The number of benzene rings is 4. The average molecular weight is 502 g/mol. The first kappa shape index (κ1) is 24.8. The molecule has 190 valence electrons. The van der Waals surface area contributed by atoms with Crippen molar-refractivity contribution in [3.63, 3.8) is 0 Å². The summed E-state index contributed by atoms with van der Waals surface area (Å²) in [4.78, 5) is 14.0. The Hall–Kier alpha value is -3.93. The van der Waals surface area contributed by atoms with Crippen molar-refractivity contribution < 1.29 is 23.0 Å². The molecule has 0 fully saturated rings. The molecule has 0 bridgehead atoms. The van der Waals surface area contributed by atoms with Crippen LogP contribution >= 0.6 is 0 Å². The van der Waals surface area contributed by atoms with E-state index in [0.717, 1.165) is 19.3 Å². The zero-order chi connectivity index (χ0) is 25.9. The topological polar surface area (TPSA) is 38.8 Å². The van der Waals surface area contributed by atoms with Crippen molar-refractivity contribution in [2.24, 2.45) is 0 Å². The van der Waals surface area contributed by atoms with Crippen LogP contribution in [0.3, 0.4) is 0 Å². The summed E-state index contributed by atoms with van der Waals surface area (Å²) in [5, 5.41) is 2.52. The number of nitrogens with zero attached hydrogens (tertiary/aromatic N) is 1. The van der Waals surface area contributed by atoms with Crippen molar-refractivity contribution in [1.82, 2.24) is 0 Å². The third kappa shape index (κ3) is 5.15. The van der Waals surface area contributed by atoms with Crippen LogP contribution in [-0.4, -0.2) is 25.7 Å². The maximum absolute atomic E-state index is 14.3. The van der Waals surface area contributed by atoms with Crippen LogP contribution in [0.4, 0.5) is 20.2 Å². The molecule has 4 nitrogen and oxygen atoms in total. The minimum atomic E-state index is -0.745. The van der Waals surface area contributed by atoms with Crippen molar-refractivity contribution in [3.8, 4) is 5.75 Å². The highest BCUT2D eigenvalue weighted by Gasteiger charge is 2.28. The second-order valence-corrected chi connectivity index (χ2v) is 9.52. The van der Waals surface area contributed by atoms with E-state index in [1.165, 1.54) is 47.7 Å². The van der Waals surface area contributed by atoms with Gasteiger partial charge in [-0.1, -0.05) is 49.4 Å². The van der Waals surface area contributed by atoms with Crippen molar-refractivity contribution in [2.45, 2.75) is 38.2 Å². The highest BCUT2D eigenvalue weighted by molar-refractivity contribution is 5.91. The number of halogens is 2. The number of carbonyl (C=O) groups is 1. The molecule has 0 aromatic heterocycles. The molecule has 0 radical (unpaired) electrons. The Kier molecular flexibility index (Phi) is 7.08. The molecule has 0 N–H and O–H groups in total. The molecule has 2 atom stereocenters. The van der Waals surface area contributed by atoms with Gasteiger partial charge in [0.05, 0.1) is 24.9 Å². The predicted octanol–water partition coefficient (Wildman–Crippen LogP) is 7.78. The number of esters is 1. The largest absolute Gasteiger partial charge is 0.486 e. The molecule has 5 rings (SSSR count). The van der Waals surface area contributed by atoms with Crippen molar-refractivity contribution in [1.29, 1.82) is 0 Å². The number of hydrogen-bond acceptors (Lipinski definition) is 4. The third-order valence-electron chi connectivity index (χ3n) is 7.08. The van der Waals surface area contributed by atoms with Crippen LogP contribution in [0.2, 0.25) is 0 Å². The molecule has 37 heavy (non-hydrogen) atoms. The number of hydrogen-bond donors (Lipinski definition) is 0. The van der Waals surface area contributed by atoms with Crippen LogP contribution < -0.4 is 9.64 Å². The summed E-state index contributed by atoms with van der Waals surface area (Å²) >= 11 is 0. The molecule has 0 aliphatic carbocycles. The minimum Gasteiger partial charge on any atom is -0.486 e. The third-order valence-corrected chi connectivity index (χ3v) is 7.08. The van der Waals surface area contributed by atoms with Gasteiger partial charge in [-0.3, -0.25) is 0 Å². The minimum absolute atomic E-state index is 0.143. The Morgan fingerprint density at radius 3 is 2.70 bits per heavy atom. The second-order valence-electron chi connectivity index (χ2n) is 9.52. The Morgan fingerprint density at radius 2 is 1.86 bits per heavy atom. The summed E-state index contributed by atoms with van der Waals surface area (Å²) in [5.41, 5.74) is 2.48. The van der Waals surface area contributed by atoms with Gasteiger partial charge in [-0.15, -0.1) is 0 Å². The van der Waals surface area contributed by atoms with Crippen molar-refractivity contribution >= 4 is 28.1 Å². The van der Waals surface area contributed by atoms with Gasteiger partial charge in [-0.2, -0.15) is 0 Å². The van der Waals surface area contributed by atoms with Gasteiger partial charge in [0.1, 0.15) is 23.5 Å². The lowest BCUT2D eigenvalue weighted by atomic mass is 9.90. The fourth-order valence-corrected chi connectivity index (χ4v) is 5.15. The van der Waals surface area contributed by atoms with Crippen LogP contribution in [0.5, 0.6) is 5.75 Å². The standard InChI is InChI=1S/C31H29F2NO3/c1-20(25-12-6-9-21-8-3-4-11-26(21)25)7-5-10-24-19-34(29-16-13-22(32)17-30(29)37-24)23-14-15-28(33)27(18-23)31(35)36-2/h3-4,6,8-9,11-18,20,24H,5,7,10,19H2,1-2H3/t20-,24?/m0/s1. The second kappa shape index (κ2) is 10.6. The molecule has 4 aromatic rings. The summed E-state index contributed by atoms with van der Waals surface area (Å²) in [7, 11) is 1.22. The number of anilines is 2. The molecule has 6 heteroatoms. The number of carbonyl (C=O) groups excluding carboxylic acids is 1. The van der Waals surface area contributed by atoms with E-state index >= 15 is 0 Å². The molecule has 1 aliphatic rings. The number of ether oxygens (including phenoxy) is 2. The fourth-order valence-electron chi connectivity index (χ4n) is 5.15. The van der Waals surface area contributed by atoms with Gasteiger partial charge in [-0.25, -0.2) is 13.6 Å². The molecule has 0 saturated carbocycles. The van der Waals surface area contributed by atoms with Gasteiger partial charge >= 0.3 is 5.97 Å². The van der Waals surface area contributed by atoms with Gasteiger partial charge < -0.3 is 14.4 Å². The van der Waals surface area contributed by atoms with E-state index in [1.54, 1.807) is 12.1 Å². The van der Waals surface area contributed by atoms with E-state index in [-0.39, 0.29) is 11.7 Å². The Morgan fingerprint density at radius 1 is 1.05 bits per heavy atom. The molecular weight excluding hydrogens is 472 g/mol. The Bertz CT molecular complexity index is 1430. The van der Waals surface area contributed by atoms with Gasteiger partial charge in [0.25, 0.3) is 0 Å². The zero-order valence-corrected chi connectivity index (χ0v) is 20.9. The lowest BCUT2D eigenvalue weighted by Gasteiger charge is -2.36. The van der Waals surface area contributed by atoms with Gasteiger partial charge in [0.2, 0.25) is 0 Å². The summed E-state index contributed by atoms with van der Waals surface area (Å²) in [6, 6.07) is 23.6. The summed E-state index contributed by atoms with van der Waals surface area (Å²) < 4.78 is 39.3. The molecule has 1 heterocycles. The molecule has 0 amide bonds. The van der Waals surface area contributed by atoms with Gasteiger partial charge in [0.15, 0.2) is 0 Å². The van der Waals surface area contributed by atoms with Gasteiger partial charge in [-0.05, 0) is 71.8 Å². The summed E-state index contributed by atoms with van der Waals surface area (Å²) in [6.07, 6.45) is 2.48. The number of fused-ring (bicyclic) bond motifs is 2.